The molecule has 0 atom stereocenters. The Kier molecular flexibility index (Phi) is 5.90. The zero-order chi connectivity index (χ0) is 24.7. The molecule has 0 fully saturated rings. The summed E-state index contributed by atoms with van der Waals surface area (Å²) in [5, 5.41) is 10.5. The smallest absolute Gasteiger partial charge is 0.337 e. The third-order valence-corrected chi connectivity index (χ3v) is 7.11. The Morgan fingerprint density at radius 1 is 0.971 bits per heavy atom. The van der Waals surface area contributed by atoms with E-state index >= 15 is 0 Å². The highest BCUT2D eigenvalue weighted by Crippen LogP contribution is 2.27. The normalized spacial score (nSPS) is 11.3. The molecule has 0 unspecified atom stereocenters. The van der Waals surface area contributed by atoms with Crippen LogP contribution in [-0.2, 0) is 4.74 Å². The van der Waals surface area contributed by atoms with Gasteiger partial charge >= 0.3 is 5.97 Å². The number of carbonyl (C=O) groups is 2. The average molecular weight is 485 g/mol. The number of ketones is 1. The molecular formula is C27H24N4O3S. The van der Waals surface area contributed by atoms with Gasteiger partial charge in [0, 0.05) is 28.0 Å². The average Bonchev–Trinajstić information content (AvgIpc) is 3.42. The summed E-state index contributed by atoms with van der Waals surface area (Å²) in [6, 6.07) is 19.2. The van der Waals surface area contributed by atoms with Crippen molar-refractivity contribution in [3.8, 4) is 5.69 Å². The lowest BCUT2D eigenvalue weighted by Gasteiger charge is -2.10. The monoisotopic (exact) mass is 484 g/mol. The molecule has 0 spiro atoms. The number of nitrogens with zero attached hydrogens (tertiary/aromatic N) is 4. The van der Waals surface area contributed by atoms with Crippen LogP contribution >= 0.6 is 11.8 Å². The number of rotatable bonds is 6. The van der Waals surface area contributed by atoms with E-state index in [-0.39, 0.29) is 17.5 Å². The Morgan fingerprint density at radius 2 is 1.71 bits per heavy atom. The van der Waals surface area contributed by atoms with E-state index < -0.39 is 0 Å². The standard InChI is InChI=1S/C27H24N4O3S/c1-16-13-25-28-29-27(31(25)23-8-6-5-7-21(16)23)35-15-24(32)22-14-17(2)30(18(22)3)20-11-9-19(10-12-20)26(33)34-4/h5-14H,15H2,1-4H3. The highest BCUT2D eigenvalue weighted by molar-refractivity contribution is 7.99. The number of aryl methyl sites for hydroxylation is 2. The number of ether oxygens (including phenoxy) is 1. The number of thioether (sulfide) groups is 1. The lowest BCUT2D eigenvalue weighted by Crippen LogP contribution is -2.07. The van der Waals surface area contributed by atoms with Crippen molar-refractivity contribution in [1.29, 1.82) is 0 Å². The van der Waals surface area contributed by atoms with Crippen molar-refractivity contribution >= 4 is 40.1 Å². The highest BCUT2D eigenvalue weighted by Gasteiger charge is 2.19. The Bertz CT molecular complexity index is 1600. The number of aromatic nitrogens is 4. The van der Waals surface area contributed by atoms with Gasteiger partial charge in [0.25, 0.3) is 0 Å². The fourth-order valence-corrected chi connectivity index (χ4v) is 5.32. The van der Waals surface area contributed by atoms with Gasteiger partial charge in [-0.3, -0.25) is 9.20 Å². The van der Waals surface area contributed by atoms with Crippen LogP contribution in [0.15, 0.2) is 65.8 Å². The van der Waals surface area contributed by atoms with Crippen LogP contribution in [0, 0.1) is 20.8 Å². The van der Waals surface area contributed by atoms with Crippen molar-refractivity contribution in [1.82, 2.24) is 19.2 Å². The Balaban J connectivity index is 1.41. The molecule has 5 rings (SSSR count). The summed E-state index contributed by atoms with van der Waals surface area (Å²) in [6.07, 6.45) is 0. The van der Waals surface area contributed by atoms with Gasteiger partial charge < -0.3 is 9.30 Å². The summed E-state index contributed by atoms with van der Waals surface area (Å²) in [6.45, 7) is 5.96. The molecule has 0 bridgehead atoms. The minimum absolute atomic E-state index is 0.0219. The van der Waals surface area contributed by atoms with Crippen LogP contribution < -0.4 is 0 Å². The molecule has 176 valence electrons. The number of pyridine rings is 1. The first kappa shape index (κ1) is 22.9. The lowest BCUT2D eigenvalue weighted by molar-refractivity contribution is 0.0600. The summed E-state index contributed by atoms with van der Waals surface area (Å²) >= 11 is 1.39. The summed E-state index contributed by atoms with van der Waals surface area (Å²) in [4.78, 5) is 25.0. The minimum Gasteiger partial charge on any atom is -0.465 e. The number of para-hydroxylation sites is 1. The number of benzene rings is 2. The molecule has 8 heteroatoms. The molecule has 0 aliphatic carbocycles. The molecule has 2 aromatic carbocycles. The zero-order valence-electron chi connectivity index (χ0n) is 19.9. The first-order chi connectivity index (χ1) is 16.9. The number of esters is 1. The van der Waals surface area contributed by atoms with Crippen LogP contribution in [-0.4, -0.2) is 43.8 Å². The summed E-state index contributed by atoms with van der Waals surface area (Å²) in [7, 11) is 1.36. The topological polar surface area (TPSA) is 78.5 Å². The summed E-state index contributed by atoms with van der Waals surface area (Å²) < 4.78 is 8.80. The van der Waals surface area contributed by atoms with Crippen molar-refractivity contribution in [2.75, 3.05) is 12.9 Å². The van der Waals surface area contributed by atoms with E-state index in [1.165, 1.54) is 18.9 Å². The molecule has 0 aliphatic rings. The fraction of sp³-hybridized carbons (Fsp3) is 0.185. The predicted molar refractivity (Wildman–Crippen MR) is 137 cm³/mol. The quantitative estimate of drug-likeness (QED) is 0.183. The maximum absolute atomic E-state index is 13.2. The van der Waals surface area contributed by atoms with E-state index in [0.29, 0.717) is 16.3 Å². The van der Waals surface area contributed by atoms with Crippen LogP contribution in [0.2, 0.25) is 0 Å². The van der Waals surface area contributed by atoms with Gasteiger partial charge in [0.15, 0.2) is 16.6 Å². The van der Waals surface area contributed by atoms with Gasteiger partial charge in [-0.25, -0.2) is 4.79 Å². The molecular weight excluding hydrogens is 460 g/mol. The number of Topliss-reactive ketones (excluding diaryl/α,β-unsaturated/α-hetero) is 1. The molecule has 5 aromatic rings. The second-order valence-corrected chi connectivity index (χ2v) is 9.33. The van der Waals surface area contributed by atoms with E-state index in [1.807, 2.05) is 65.3 Å². The van der Waals surface area contributed by atoms with E-state index in [9.17, 15) is 9.59 Å². The molecule has 0 N–H and O–H groups in total. The van der Waals surface area contributed by atoms with Gasteiger partial charge in [0.05, 0.1) is 23.9 Å². The minimum atomic E-state index is -0.380. The largest absolute Gasteiger partial charge is 0.465 e. The maximum Gasteiger partial charge on any atom is 0.337 e. The highest BCUT2D eigenvalue weighted by atomic mass is 32.2. The van der Waals surface area contributed by atoms with Crippen LogP contribution in [0.25, 0.3) is 22.2 Å². The molecule has 35 heavy (non-hydrogen) atoms. The number of carbonyl (C=O) groups excluding carboxylic acids is 2. The first-order valence-electron chi connectivity index (χ1n) is 11.2. The van der Waals surface area contributed by atoms with Gasteiger partial charge in [-0.1, -0.05) is 30.0 Å². The summed E-state index contributed by atoms with van der Waals surface area (Å²) in [5.74, 6) is -0.114. The molecule has 0 amide bonds. The molecule has 0 saturated carbocycles. The molecule has 0 radical (unpaired) electrons. The SMILES string of the molecule is COC(=O)c1ccc(-n2c(C)cc(C(=O)CSc3nnc4cc(C)c5ccccc5n34)c2C)cc1. The number of methoxy groups -OCH3 is 1. The van der Waals surface area contributed by atoms with Crippen molar-refractivity contribution in [2.45, 2.75) is 25.9 Å². The second-order valence-electron chi connectivity index (χ2n) is 8.39. The second kappa shape index (κ2) is 9.03. The molecule has 0 aliphatic heterocycles. The first-order valence-corrected chi connectivity index (χ1v) is 12.1. The van der Waals surface area contributed by atoms with Crippen LogP contribution in [0.3, 0.4) is 0 Å². The van der Waals surface area contributed by atoms with Gasteiger partial charge in [-0.15, -0.1) is 10.2 Å². The third kappa shape index (κ3) is 4.00. The van der Waals surface area contributed by atoms with Crippen molar-refractivity contribution in [2.24, 2.45) is 0 Å². The predicted octanol–water partition coefficient (Wildman–Crippen LogP) is 5.36. The van der Waals surface area contributed by atoms with Crippen molar-refractivity contribution < 1.29 is 14.3 Å². The van der Waals surface area contributed by atoms with E-state index in [0.717, 1.165) is 39.2 Å². The third-order valence-electron chi connectivity index (χ3n) is 6.18. The number of hydrogen-bond donors (Lipinski definition) is 0. The molecule has 0 saturated heterocycles. The zero-order valence-corrected chi connectivity index (χ0v) is 20.7. The van der Waals surface area contributed by atoms with Gasteiger partial charge in [0.1, 0.15) is 0 Å². The summed E-state index contributed by atoms with van der Waals surface area (Å²) in [5.41, 5.74) is 6.75. The van der Waals surface area contributed by atoms with Crippen LogP contribution in [0.5, 0.6) is 0 Å². The lowest BCUT2D eigenvalue weighted by atomic mass is 10.1. The van der Waals surface area contributed by atoms with E-state index in [4.69, 9.17) is 4.74 Å². The van der Waals surface area contributed by atoms with Gasteiger partial charge in [-0.2, -0.15) is 0 Å². The van der Waals surface area contributed by atoms with Crippen molar-refractivity contribution in [3.63, 3.8) is 0 Å². The Hall–Kier alpha value is -3.91. The van der Waals surface area contributed by atoms with Crippen LogP contribution in [0.4, 0.5) is 0 Å². The van der Waals surface area contributed by atoms with Gasteiger partial charge in [-0.05, 0) is 68.8 Å². The number of hydrogen-bond acceptors (Lipinski definition) is 6. The molecule has 3 aromatic heterocycles. The fourth-order valence-electron chi connectivity index (χ4n) is 4.48. The van der Waals surface area contributed by atoms with Crippen molar-refractivity contribution in [3.05, 3.63) is 88.7 Å². The molecule has 3 heterocycles. The maximum atomic E-state index is 13.2. The Labute approximate surface area is 206 Å². The molecule has 7 nitrogen and oxygen atoms in total. The van der Waals surface area contributed by atoms with E-state index in [1.54, 1.807) is 12.1 Å². The number of fused-ring (bicyclic) bond motifs is 3. The van der Waals surface area contributed by atoms with E-state index in [2.05, 4.69) is 23.2 Å². The Morgan fingerprint density at radius 3 is 2.46 bits per heavy atom. The van der Waals surface area contributed by atoms with Crippen LogP contribution in [0.1, 0.15) is 37.7 Å². The van der Waals surface area contributed by atoms with Gasteiger partial charge in [0.2, 0.25) is 0 Å².